The van der Waals surface area contributed by atoms with Crippen LogP contribution in [0.1, 0.15) is 42.9 Å². The summed E-state index contributed by atoms with van der Waals surface area (Å²) in [6.07, 6.45) is 1.87. The van der Waals surface area contributed by atoms with Crippen molar-refractivity contribution in [2.24, 2.45) is 5.41 Å². The maximum absolute atomic E-state index is 11.8. The van der Waals surface area contributed by atoms with Gasteiger partial charge in [-0.25, -0.2) is 0 Å². The summed E-state index contributed by atoms with van der Waals surface area (Å²) in [5.74, 6) is 0.551. The fourth-order valence-electron chi connectivity index (χ4n) is 1.56. The van der Waals surface area contributed by atoms with Crippen LogP contribution in [-0.2, 0) is 0 Å². The highest BCUT2D eigenvalue weighted by Crippen LogP contribution is 2.26. The fraction of sp³-hybridized carbons (Fsp3) is 0.667. The zero-order valence-electron chi connectivity index (χ0n) is 10.5. The van der Waals surface area contributed by atoms with E-state index in [-0.39, 0.29) is 17.1 Å². The molecule has 0 radical (unpaired) electrons. The molecule has 5 heteroatoms. The molecule has 0 saturated heterocycles. The van der Waals surface area contributed by atoms with Crippen molar-refractivity contribution in [2.75, 3.05) is 12.4 Å². The van der Waals surface area contributed by atoms with Gasteiger partial charge in [0, 0.05) is 23.9 Å². The van der Waals surface area contributed by atoms with Crippen LogP contribution in [-0.4, -0.2) is 23.5 Å². The number of carbonyl (C=O) groups is 1. The summed E-state index contributed by atoms with van der Waals surface area (Å²) in [6.45, 7) is 6.50. The van der Waals surface area contributed by atoms with Gasteiger partial charge in [0.2, 0.25) is 5.76 Å². The standard InChI is InChI=1S/C12H19ClN2O2/c1-4-12(5-2,7-13)8-14-11(16)10-6-9(3)15-17-10/h6H,4-5,7-8H2,1-3H3,(H,14,16). The molecule has 1 aromatic rings. The number of aromatic nitrogens is 1. The molecular formula is C12H19ClN2O2. The Morgan fingerprint density at radius 3 is 2.59 bits per heavy atom. The van der Waals surface area contributed by atoms with Gasteiger partial charge < -0.3 is 9.84 Å². The van der Waals surface area contributed by atoms with Crippen molar-refractivity contribution in [3.63, 3.8) is 0 Å². The molecule has 1 aromatic heterocycles. The molecule has 4 nitrogen and oxygen atoms in total. The lowest BCUT2D eigenvalue weighted by Crippen LogP contribution is -2.38. The molecule has 1 N–H and O–H groups in total. The summed E-state index contributed by atoms with van der Waals surface area (Å²) >= 11 is 5.97. The van der Waals surface area contributed by atoms with Gasteiger partial charge in [-0.3, -0.25) is 4.79 Å². The van der Waals surface area contributed by atoms with Gasteiger partial charge in [0.25, 0.3) is 5.91 Å². The number of hydrogen-bond donors (Lipinski definition) is 1. The Hall–Kier alpha value is -1.03. The molecule has 17 heavy (non-hydrogen) atoms. The van der Waals surface area contributed by atoms with E-state index in [1.54, 1.807) is 13.0 Å². The number of nitrogens with one attached hydrogen (secondary N) is 1. The number of rotatable bonds is 6. The molecule has 1 amide bonds. The molecule has 0 aromatic carbocycles. The molecule has 0 fully saturated rings. The van der Waals surface area contributed by atoms with E-state index < -0.39 is 0 Å². The predicted octanol–water partition coefficient (Wildman–Crippen LogP) is 2.76. The highest BCUT2D eigenvalue weighted by Gasteiger charge is 2.26. The Bertz CT molecular complexity index is 364. The van der Waals surface area contributed by atoms with E-state index in [0.29, 0.717) is 18.1 Å². The van der Waals surface area contributed by atoms with Gasteiger partial charge in [-0.15, -0.1) is 11.6 Å². The summed E-state index contributed by atoms with van der Waals surface area (Å²) in [6, 6.07) is 1.62. The van der Waals surface area contributed by atoms with Crippen LogP contribution in [0.3, 0.4) is 0 Å². The average Bonchev–Trinajstić information content (AvgIpc) is 2.78. The summed E-state index contributed by atoms with van der Waals surface area (Å²) in [5, 5.41) is 6.53. The van der Waals surface area contributed by atoms with Gasteiger partial charge in [-0.05, 0) is 19.8 Å². The number of carbonyl (C=O) groups excluding carboxylic acids is 1. The number of halogens is 1. The minimum atomic E-state index is -0.234. The molecule has 0 aliphatic rings. The van der Waals surface area contributed by atoms with E-state index in [2.05, 4.69) is 24.3 Å². The van der Waals surface area contributed by atoms with E-state index in [4.69, 9.17) is 16.1 Å². The van der Waals surface area contributed by atoms with Crippen LogP contribution >= 0.6 is 11.6 Å². The lowest BCUT2D eigenvalue weighted by molar-refractivity contribution is 0.0894. The summed E-state index contributed by atoms with van der Waals surface area (Å²) in [5.41, 5.74) is 0.663. The first-order chi connectivity index (χ1) is 8.06. The maximum Gasteiger partial charge on any atom is 0.289 e. The van der Waals surface area contributed by atoms with E-state index in [1.165, 1.54) is 0 Å². The zero-order chi connectivity index (χ0) is 12.9. The molecule has 1 rings (SSSR count). The quantitative estimate of drug-likeness (QED) is 0.799. The normalized spacial score (nSPS) is 11.5. The van der Waals surface area contributed by atoms with E-state index in [1.807, 2.05) is 0 Å². The van der Waals surface area contributed by atoms with Gasteiger partial charge in [-0.2, -0.15) is 0 Å². The Morgan fingerprint density at radius 1 is 1.53 bits per heavy atom. The number of nitrogens with zero attached hydrogens (tertiary/aromatic N) is 1. The van der Waals surface area contributed by atoms with Crippen molar-refractivity contribution in [3.8, 4) is 0 Å². The maximum atomic E-state index is 11.8. The third kappa shape index (κ3) is 3.46. The van der Waals surface area contributed by atoms with E-state index in [0.717, 1.165) is 12.8 Å². The highest BCUT2D eigenvalue weighted by molar-refractivity contribution is 6.18. The second-order valence-electron chi connectivity index (χ2n) is 4.36. The largest absolute Gasteiger partial charge is 0.351 e. The molecular weight excluding hydrogens is 240 g/mol. The molecule has 96 valence electrons. The Balaban J connectivity index is 2.58. The van der Waals surface area contributed by atoms with Crippen molar-refractivity contribution >= 4 is 17.5 Å². The Morgan fingerprint density at radius 2 is 2.18 bits per heavy atom. The van der Waals surface area contributed by atoms with Crippen molar-refractivity contribution in [1.82, 2.24) is 10.5 Å². The third-order valence-corrected chi connectivity index (χ3v) is 3.83. The van der Waals surface area contributed by atoms with Gasteiger partial charge in [0.1, 0.15) is 0 Å². The topological polar surface area (TPSA) is 55.1 Å². The van der Waals surface area contributed by atoms with Crippen LogP contribution in [0.25, 0.3) is 0 Å². The third-order valence-electron chi connectivity index (χ3n) is 3.26. The van der Waals surface area contributed by atoms with Crippen LogP contribution in [0.2, 0.25) is 0 Å². The van der Waals surface area contributed by atoms with E-state index in [9.17, 15) is 4.79 Å². The highest BCUT2D eigenvalue weighted by atomic mass is 35.5. The first-order valence-electron chi connectivity index (χ1n) is 5.84. The van der Waals surface area contributed by atoms with Gasteiger partial charge in [0.05, 0.1) is 5.69 Å². The van der Waals surface area contributed by atoms with Gasteiger partial charge >= 0.3 is 0 Å². The monoisotopic (exact) mass is 258 g/mol. The zero-order valence-corrected chi connectivity index (χ0v) is 11.3. The SMILES string of the molecule is CCC(CC)(CCl)CNC(=O)c1cc(C)no1. The van der Waals surface area contributed by atoms with Crippen LogP contribution in [0.5, 0.6) is 0 Å². The molecule has 0 aliphatic carbocycles. The predicted molar refractivity (Wildman–Crippen MR) is 67.3 cm³/mol. The minimum absolute atomic E-state index is 0.0354. The average molecular weight is 259 g/mol. The Kier molecular flexibility index (Phi) is 5.00. The summed E-state index contributed by atoms with van der Waals surface area (Å²) in [4.78, 5) is 11.8. The number of amides is 1. The first kappa shape index (κ1) is 14.0. The molecule has 0 saturated carbocycles. The number of aryl methyl sites for hydroxylation is 1. The van der Waals surface area contributed by atoms with Crippen LogP contribution in [0.4, 0.5) is 0 Å². The van der Waals surface area contributed by atoms with Crippen LogP contribution in [0.15, 0.2) is 10.6 Å². The number of alkyl halides is 1. The van der Waals surface area contributed by atoms with Crippen molar-refractivity contribution in [3.05, 3.63) is 17.5 Å². The molecule has 0 unspecified atom stereocenters. The Labute approximate surface area is 107 Å². The molecule has 0 spiro atoms. The smallest absolute Gasteiger partial charge is 0.289 e. The summed E-state index contributed by atoms with van der Waals surface area (Å²) in [7, 11) is 0. The van der Waals surface area contributed by atoms with Crippen LogP contribution < -0.4 is 5.32 Å². The first-order valence-corrected chi connectivity index (χ1v) is 6.38. The minimum Gasteiger partial charge on any atom is -0.351 e. The van der Waals surface area contributed by atoms with Crippen molar-refractivity contribution < 1.29 is 9.32 Å². The molecule has 1 heterocycles. The second kappa shape index (κ2) is 6.05. The second-order valence-corrected chi connectivity index (χ2v) is 4.62. The molecule has 0 atom stereocenters. The van der Waals surface area contributed by atoms with Gasteiger partial charge in [-0.1, -0.05) is 19.0 Å². The van der Waals surface area contributed by atoms with Gasteiger partial charge in [0.15, 0.2) is 0 Å². The lowest BCUT2D eigenvalue weighted by Gasteiger charge is -2.29. The molecule has 0 aliphatic heterocycles. The fourth-order valence-corrected chi connectivity index (χ4v) is 2.03. The molecule has 0 bridgehead atoms. The van der Waals surface area contributed by atoms with Crippen molar-refractivity contribution in [1.29, 1.82) is 0 Å². The van der Waals surface area contributed by atoms with E-state index >= 15 is 0 Å². The van der Waals surface area contributed by atoms with Crippen molar-refractivity contribution in [2.45, 2.75) is 33.6 Å². The lowest BCUT2D eigenvalue weighted by atomic mass is 9.84. The van der Waals surface area contributed by atoms with Crippen LogP contribution in [0, 0.1) is 12.3 Å². The summed E-state index contributed by atoms with van der Waals surface area (Å²) < 4.78 is 4.90. The number of hydrogen-bond acceptors (Lipinski definition) is 3.